The summed E-state index contributed by atoms with van der Waals surface area (Å²) < 4.78 is 5.47. The van der Waals surface area contributed by atoms with E-state index in [4.69, 9.17) is 4.74 Å². The average molecular weight is 340 g/mol. The Kier molecular flexibility index (Phi) is 6.21. The number of nitrogens with zero attached hydrogens (tertiary/aromatic N) is 1. The minimum atomic E-state index is 0.317. The lowest BCUT2D eigenvalue weighted by atomic mass is 10.1. The van der Waals surface area contributed by atoms with Gasteiger partial charge in [0.2, 0.25) is 5.91 Å². The van der Waals surface area contributed by atoms with E-state index in [1.54, 1.807) is 11.3 Å². The number of thioether (sulfide) groups is 1. The van der Waals surface area contributed by atoms with Gasteiger partial charge in [0.05, 0.1) is 12.3 Å². The van der Waals surface area contributed by atoms with Crippen LogP contribution in [-0.4, -0.2) is 41.1 Å². The first-order valence-corrected chi connectivity index (χ1v) is 10.3. The first-order chi connectivity index (χ1) is 10.8. The summed E-state index contributed by atoms with van der Waals surface area (Å²) in [4.78, 5) is 16.2. The number of ether oxygens (including phenoxy) is 1. The highest BCUT2D eigenvalue weighted by molar-refractivity contribution is 8.00. The lowest BCUT2D eigenvalue weighted by molar-refractivity contribution is -0.133. The zero-order valence-electron chi connectivity index (χ0n) is 13.0. The van der Waals surface area contributed by atoms with Gasteiger partial charge in [-0.2, -0.15) is 0 Å². The normalized spacial score (nSPS) is 20.4. The maximum atomic E-state index is 12.8. The lowest BCUT2D eigenvalue weighted by Crippen LogP contribution is -2.43. The molecule has 0 radical (unpaired) electrons. The second kappa shape index (κ2) is 8.37. The van der Waals surface area contributed by atoms with Crippen molar-refractivity contribution >= 4 is 29.0 Å². The molecule has 22 heavy (non-hydrogen) atoms. The Morgan fingerprint density at radius 2 is 2.05 bits per heavy atom. The molecule has 1 aliphatic carbocycles. The van der Waals surface area contributed by atoms with Gasteiger partial charge >= 0.3 is 0 Å². The molecule has 0 spiro atoms. The van der Waals surface area contributed by atoms with E-state index in [-0.39, 0.29) is 0 Å². The number of rotatable bonds is 6. The van der Waals surface area contributed by atoms with Gasteiger partial charge in [0.15, 0.2) is 0 Å². The molecule has 5 heteroatoms. The van der Waals surface area contributed by atoms with Gasteiger partial charge in [-0.25, -0.2) is 0 Å². The van der Waals surface area contributed by atoms with E-state index >= 15 is 0 Å². The van der Waals surface area contributed by atoms with Crippen molar-refractivity contribution in [2.24, 2.45) is 0 Å². The molecule has 1 amide bonds. The van der Waals surface area contributed by atoms with Gasteiger partial charge in [-0.3, -0.25) is 4.79 Å². The second-order valence-electron chi connectivity index (χ2n) is 6.16. The smallest absolute Gasteiger partial charge is 0.233 e. The predicted octanol–water partition coefficient (Wildman–Crippen LogP) is 3.93. The van der Waals surface area contributed by atoms with Crippen molar-refractivity contribution in [2.75, 3.05) is 19.0 Å². The quantitative estimate of drug-likeness (QED) is 0.786. The molecule has 1 saturated heterocycles. The highest BCUT2D eigenvalue weighted by Gasteiger charge is 2.27. The summed E-state index contributed by atoms with van der Waals surface area (Å²) in [5, 5.41) is 2.80. The SMILES string of the molecule is O=C(CSC1CCCC1)N(Cc1cccs1)C1CCOCC1. The molecule has 1 saturated carbocycles. The van der Waals surface area contributed by atoms with Crippen LogP contribution in [0.3, 0.4) is 0 Å². The first kappa shape index (κ1) is 16.3. The minimum Gasteiger partial charge on any atom is -0.381 e. The summed E-state index contributed by atoms with van der Waals surface area (Å²) >= 11 is 3.62. The molecule has 0 unspecified atom stereocenters. The van der Waals surface area contributed by atoms with Crippen LogP contribution in [0.2, 0.25) is 0 Å². The van der Waals surface area contributed by atoms with Crippen molar-refractivity contribution in [3.8, 4) is 0 Å². The van der Waals surface area contributed by atoms with E-state index in [1.165, 1.54) is 30.6 Å². The lowest BCUT2D eigenvalue weighted by Gasteiger charge is -2.34. The van der Waals surface area contributed by atoms with Gasteiger partial charge in [0.25, 0.3) is 0 Å². The van der Waals surface area contributed by atoms with E-state index in [0.29, 0.717) is 23.0 Å². The molecule has 1 aromatic rings. The van der Waals surface area contributed by atoms with Crippen molar-refractivity contribution in [2.45, 2.75) is 56.4 Å². The summed E-state index contributed by atoms with van der Waals surface area (Å²) in [6, 6.07) is 4.56. The Bertz CT molecular complexity index is 451. The fourth-order valence-electron chi connectivity index (χ4n) is 3.32. The molecule has 3 rings (SSSR count). The van der Waals surface area contributed by atoms with Crippen molar-refractivity contribution < 1.29 is 9.53 Å². The van der Waals surface area contributed by atoms with E-state index in [0.717, 1.165) is 32.6 Å². The van der Waals surface area contributed by atoms with Crippen LogP contribution in [0.15, 0.2) is 17.5 Å². The molecule has 0 atom stereocenters. The fourth-order valence-corrected chi connectivity index (χ4v) is 5.23. The van der Waals surface area contributed by atoms with E-state index < -0.39 is 0 Å². The molecule has 3 nitrogen and oxygen atoms in total. The summed E-state index contributed by atoms with van der Waals surface area (Å²) in [6.07, 6.45) is 7.21. The Balaban J connectivity index is 1.59. The predicted molar refractivity (Wildman–Crippen MR) is 93.4 cm³/mol. The molecular formula is C17H25NO2S2. The molecule has 1 aromatic heterocycles. The molecule has 2 heterocycles. The molecule has 2 fully saturated rings. The van der Waals surface area contributed by atoms with E-state index in [9.17, 15) is 4.79 Å². The summed E-state index contributed by atoms with van der Waals surface area (Å²) in [7, 11) is 0. The van der Waals surface area contributed by atoms with Crippen molar-refractivity contribution in [1.29, 1.82) is 0 Å². The van der Waals surface area contributed by atoms with Crippen molar-refractivity contribution in [3.05, 3.63) is 22.4 Å². The second-order valence-corrected chi connectivity index (χ2v) is 8.48. The van der Waals surface area contributed by atoms with Gasteiger partial charge in [-0.15, -0.1) is 23.1 Å². The van der Waals surface area contributed by atoms with Crippen molar-refractivity contribution in [3.63, 3.8) is 0 Å². The third-order valence-corrected chi connectivity index (χ3v) is 6.82. The summed E-state index contributed by atoms with van der Waals surface area (Å²) in [6.45, 7) is 2.34. The largest absolute Gasteiger partial charge is 0.381 e. The number of thiophene rings is 1. The molecule has 0 N–H and O–H groups in total. The van der Waals surface area contributed by atoms with Crippen LogP contribution in [0, 0.1) is 0 Å². The Morgan fingerprint density at radius 3 is 2.73 bits per heavy atom. The summed E-state index contributed by atoms with van der Waals surface area (Å²) in [5.41, 5.74) is 0. The van der Waals surface area contributed by atoms with Crippen LogP contribution in [-0.2, 0) is 16.1 Å². The molecule has 1 aliphatic heterocycles. The van der Waals surface area contributed by atoms with Gasteiger partial charge in [-0.05, 0) is 37.1 Å². The Hall–Kier alpha value is -0.520. The molecule has 2 aliphatic rings. The van der Waals surface area contributed by atoms with Gasteiger partial charge in [0, 0.05) is 29.4 Å². The topological polar surface area (TPSA) is 29.5 Å². The number of carbonyl (C=O) groups excluding carboxylic acids is 1. The molecular weight excluding hydrogens is 314 g/mol. The Morgan fingerprint density at radius 1 is 1.27 bits per heavy atom. The van der Waals surface area contributed by atoms with Gasteiger partial charge in [-0.1, -0.05) is 18.9 Å². The maximum absolute atomic E-state index is 12.8. The van der Waals surface area contributed by atoms with Gasteiger partial charge in [0.1, 0.15) is 0 Å². The molecule has 122 valence electrons. The highest BCUT2D eigenvalue weighted by atomic mass is 32.2. The van der Waals surface area contributed by atoms with Crippen LogP contribution in [0.5, 0.6) is 0 Å². The average Bonchev–Trinajstić information content (AvgIpc) is 3.24. The number of hydrogen-bond acceptors (Lipinski definition) is 4. The van der Waals surface area contributed by atoms with Crippen LogP contribution in [0.25, 0.3) is 0 Å². The number of hydrogen-bond donors (Lipinski definition) is 0. The van der Waals surface area contributed by atoms with Crippen LogP contribution in [0.4, 0.5) is 0 Å². The maximum Gasteiger partial charge on any atom is 0.233 e. The first-order valence-electron chi connectivity index (χ1n) is 8.34. The Labute approximate surface area is 141 Å². The monoisotopic (exact) mass is 339 g/mol. The number of amides is 1. The zero-order chi connectivity index (χ0) is 15.2. The van der Waals surface area contributed by atoms with Crippen LogP contribution in [0.1, 0.15) is 43.4 Å². The third-order valence-electron chi connectivity index (χ3n) is 4.60. The van der Waals surface area contributed by atoms with Crippen LogP contribution < -0.4 is 0 Å². The highest BCUT2D eigenvalue weighted by Crippen LogP contribution is 2.30. The summed E-state index contributed by atoms with van der Waals surface area (Å²) in [5.74, 6) is 0.963. The van der Waals surface area contributed by atoms with Crippen molar-refractivity contribution in [1.82, 2.24) is 4.90 Å². The molecule has 0 bridgehead atoms. The zero-order valence-corrected chi connectivity index (χ0v) is 14.7. The van der Waals surface area contributed by atoms with Gasteiger partial charge < -0.3 is 9.64 Å². The number of carbonyl (C=O) groups is 1. The molecule has 0 aromatic carbocycles. The third kappa shape index (κ3) is 4.49. The van der Waals surface area contributed by atoms with E-state index in [2.05, 4.69) is 22.4 Å². The van der Waals surface area contributed by atoms with Crippen LogP contribution >= 0.6 is 23.1 Å². The fraction of sp³-hybridized carbons (Fsp3) is 0.706. The minimum absolute atomic E-state index is 0.317. The van der Waals surface area contributed by atoms with E-state index in [1.807, 2.05) is 11.8 Å². The standard InChI is InChI=1S/C17H25NO2S2/c19-17(13-22-15-4-1-2-5-15)18(12-16-6-3-11-21-16)14-7-9-20-10-8-14/h3,6,11,14-15H,1-2,4-5,7-10,12-13H2.